The Kier molecular flexibility index (Phi) is 15.5. The van der Waals surface area contributed by atoms with Crippen molar-refractivity contribution in [3.63, 3.8) is 0 Å². The lowest BCUT2D eigenvalue weighted by atomic mass is 10.1. The summed E-state index contributed by atoms with van der Waals surface area (Å²) in [6, 6.07) is 7.47. The number of amides is 4. The van der Waals surface area contributed by atoms with Gasteiger partial charge in [-0.3, -0.25) is 24.1 Å². The highest BCUT2D eigenvalue weighted by atomic mass is 16.5. The first-order valence-electron chi connectivity index (χ1n) is 15.2. The number of aryl methyl sites for hydroxylation is 1. The minimum Gasteiger partial charge on any atom is -0.391 e. The third-order valence-electron chi connectivity index (χ3n) is 7.21. The van der Waals surface area contributed by atoms with Crippen molar-refractivity contribution in [2.75, 3.05) is 46.4 Å². The van der Waals surface area contributed by atoms with E-state index in [1.165, 1.54) is 11.8 Å². The van der Waals surface area contributed by atoms with E-state index in [4.69, 9.17) is 4.74 Å². The van der Waals surface area contributed by atoms with Crippen LogP contribution in [0.5, 0.6) is 0 Å². The van der Waals surface area contributed by atoms with Crippen molar-refractivity contribution < 1.29 is 29.0 Å². The number of likely N-dealkylation sites (N-methyl/N-ethyl adjacent to an activating group) is 1. The van der Waals surface area contributed by atoms with Crippen LogP contribution in [0.25, 0.3) is 0 Å². The summed E-state index contributed by atoms with van der Waals surface area (Å²) in [4.78, 5) is 55.2. The molecule has 1 aliphatic heterocycles. The van der Waals surface area contributed by atoms with Gasteiger partial charge in [0.15, 0.2) is 0 Å². The van der Waals surface area contributed by atoms with Gasteiger partial charge >= 0.3 is 0 Å². The normalized spacial score (nSPS) is 15.9. The minimum absolute atomic E-state index is 0.0550. The summed E-state index contributed by atoms with van der Waals surface area (Å²) in [6.07, 6.45) is 1.69. The van der Waals surface area contributed by atoms with Gasteiger partial charge < -0.3 is 30.7 Å². The van der Waals surface area contributed by atoms with E-state index in [9.17, 15) is 29.5 Å². The number of morpholine rings is 1. The van der Waals surface area contributed by atoms with Gasteiger partial charge in [0, 0.05) is 33.2 Å². The van der Waals surface area contributed by atoms with Crippen molar-refractivity contribution in [2.45, 2.75) is 71.7 Å². The highest BCUT2D eigenvalue weighted by Crippen LogP contribution is 2.10. The molecule has 0 bridgehead atoms. The van der Waals surface area contributed by atoms with Crippen LogP contribution in [0.2, 0.25) is 0 Å². The second-order valence-corrected chi connectivity index (χ2v) is 11.6. The molecule has 0 saturated carbocycles. The second kappa shape index (κ2) is 18.8. The van der Waals surface area contributed by atoms with E-state index in [1.54, 1.807) is 13.1 Å². The summed E-state index contributed by atoms with van der Waals surface area (Å²) in [5.74, 6) is -1.80. The average Bonchev–Trinajstić information content (AvgIpc) is 2.99. The van der Waals surface area contributed by atoms with E-state index in [1.807, 2.05) is 56.0 Å². The molecule has 0 radical (unpaired) electrons. The molecule has 0 aromatic heterocycles. The van der Waals surface area contributed by atoms with Crippen LogP contribution in [0.4, 0.5) is 0 Å². The fraction of sp³-hybridized carbons (Fsp3) is 0.594. The molecule has 0 aliphatic carbocycles. The van der Waals surface area contributed by atoms with E-state index < -0.39 is 35.9 Å². The lowest BCUT2D eigenvalue weighted by molar-refractivity contribution is -0.135. The number of rotatable bonds is 16. The molecule has 44 heavy (non-hydrogen) atoms. The number of aliphatic hydroxyl groups excluding tert-OH is 1. The van der Waals surface area contributed by atoms with Crippen LogP contribution in [-0.4, -0.2) is 103 Å². The van der Waals surface area contributed by atoms with Crippen LogP contribution in [0.1, 0.15) is 51.2 Å². The molecule has 1 aliphatic rings. The van der Waals surface area contributed by atoms with Crippen LogP contribution in [-0.2, 0) is 30.5 Å². The Balaban J connectivity index is 2.04. The first-order chi connectivity index (χ1) is 20.9. The number of aliphatic hydroxyl groups is 1. The number of ether oxygens (including phenoxy) is 1. The fourth-order valence-corrected chi connectivity index (χ4v) is 4.63. The molecular weight excluding hydrogens is 564 g/mol. The Morgan fingerprint density at radius 1 is 1.07 bits per heavy atom. The van der Waals surface area contributed by atoms with Gasteiger partial charge in [-0.15, -0.1) is 0 Å². The van der Waals surface area contributed by atoms with Crippen LogP contribution in [0, 0.1) is 24.2 Å². The van der Waals surface area contributed by atoms with Gasteiger partial charge in [0.2, 0.25) is 17.7 Å². The summed E-state index contributed by atoms with van der Waals surface area (Å²) >= 11 is 0. The highest BCUT2D eigenvalue weighted by molar-refractivity contribution is 5.97. The number of carbonyl (C=O) groups is 4. The lowest BCUT2D eigenvalue weighted by Crippen LogP contribution is -2.58. The first-order valence-corrected chi connectivity index (χ1v) is 15.2. The minimum atomic E-state index is -1.25. The molecule has 1 heterocycles. The average molecular weight is 613 g/mol. The van der Waals surface area contributed by atoms with Gasteiger partial charge in [-0.25, -0.2) is 0 Å². The molecule has 1 unspecified atom stereocenters. The maximum atomic E-state index is 13.3. The maximum Gasteiger partial charge on any atom is 0.263 e. The number of allylic oxidation sites excluding steroid dienone is 1. The SMILES string of the molecule is Cc1ccc(CNC(=O)C(CCCCN(C)C(=O)C(C#N)=CC(C)C)NC(=O)[C@@H](NC(=O)CN2CCOCC2)[C@@H](C)O)cc1. The van der Waals surface area contributed by atoms with Crippen molar-refractivity contribution in [3.8, 4) is 6.07 Å². The topological polar surface area (TPSA) is 164 Å². The monoisotopic (exact) mass is 612 g/mol. The van der Waals surface area contributed by atoms with Crippen LogP contribution >= 0.6 is 0 Å². The zero-order valence-electron chi connectivity index (χ0n) is 26.6. The molecule has 12 nitrogen and oxygen atoms in total. The number of nitriles is 1. The van der Waals surface area contributed by atoms with Crippen LogP contribution in [0.15, 0.2) is 35.9 Å². The van der Waals surface area contributed by atoms with Gasteiger partial charge in [0.25, 0.3) is 5.91 Å². The van der Waals surface area contributed by atoms with Crippen molar-refractivity contribution in [1.29, 1.82) is 5.26 Å². The van der Waals surface area contributed by atoms with Crippen molar-refractivity contribution in [2.24, 2.45) is 5.92 Å². The largest absolute Gasteiger partial charge is 0.391 e. The predicted octanol–water partition coefficient (Wildman–Crippen LogP) is 1.03. The van der Waals surface area contributed by atoms with E-state index in [2.05, 4.69) is 16.0 Å². The third kappa shape index (κ3) is 12.8. The van der Waals surface area contributed by atoms with Gasteiger partial charge in [0.05, 0.1) is 25.9 Å². The van der Waals surface area contributed by atoms with Crippen molar-refractivity contribution >= 4 is 23.6 Å². The first kappa shape index (κ1) is 36.4. The van der Waals surface area contributed by atoms with Crippen molar-refractivity contribution in [1.82, 2.24) is 25.8 Å². The third-order valence-corrected chi connectivity index (χ3v) is 7.21. The molecule has 1 aromatic carbocycles. The van der Waals surface area contributed by atoms with Gasteiger partial charge in [-0.05, 0) is 44.6 Å². The second-order valence-electron chi connectivity index (χ2n) is 11.6. The number of benzene rings is 1. The molecule has 2 rings (SSSR count). The van der Waals surface area contributed by atoms with E-state index >= 15 is 0 Å². The van der Waals surface area contributed by atoms with Crippen LogP contribution in [0.3, 0.4) is 0 Å². The lowest BCUT2D eigenvalue weighted by Gasteiger charge is -2.28. The number of nitrogens with zero attached hydrogens (tertiary/aromatic N) is 3. The number of hydrogen-bond acceptors (Lipinski definition) is 8. The molecule has 4 N–H and O–H groups in total. The van der Waals surface area contributed by atoms with Gasteiger partial charge in [-0.1, -0.05) is 49.8 Å². The highest BCUT2D eigenvalue weighted by Gasteiger charge is 2.30. The Morgan fingerprint density at radius 3 is 2.32 bits per heavy atom. The molecule has 242 valence electrons. The fourth-order valence-electron chi connectivity index (χ4n) is 4.63. The Hall–Kier alpha value is -3.79. The molecule has 0 spiro atoms. The smallest absolute Gasteiger partial charge is 0.263 e. The zero-order valence-corrected chi connectivity index (χ0v) is 26.6. The summed E-state index contributed by atoms with van der Waals surface area (Å²) in [6.45, 7) is 10.1. The standard InChI is InChI=1S/C32H48N6O6/c1-22(2)18-26(19-33)32(43)37(5)13-7-6-8-27(30(41)34-20-25-11-9-23(3)10-12-25)35-31(42)29(24(4)39)36-28(40)21-38-14-16-44-17-15-38/h9-12,18,22,24,27,29,39H,6-8,13-17,20-21H2,1-5H3,(H,34,41)(H,35,42)(H,36,40)/t24-,27?,29+/m1/s1. The van der Waals surface area contributed by atoms with Crippen molar-refractivity contribution in [3.05, 3.63) is 47.0 Å². The Labute approximate surface area is 260 Å². The molecule has 1 saturated heterocycles. The van der Waals surface area contributed by atoms with Crippen LogP contribution < -0.4 is 16.0 Å². The van der Waals surface area contributed by atoms with Gasteiger partial charge in [0.1, 0.15) is 23.7 Å². The van der Waals surface area contributed by atoms with E-state index in [0.717, 1.165) is 11.1 Å². The molecule has 1 aromatic rings. The quantitative estimate of drug-likeness (QED) is 0.122. The molecule has 1 fully saturated rings. The summed E-state index contributed by atoms with van der Waals surface area (Å²) in [5.41, 5.74) is 2.08. The maximum absolute atomic E-state index is 13.3. The number of nitrogens with one attached hydrogen (secondary N) is 3. The number of hydrogen-bond donors (Lipinski definition) is 4. The summed E-state index contributed by atoms with van der Waals surface area (Å²) < 4.78 is 5.30. The molecule has 3 atom stereocenters. The molecule has 12 heteroatoms. The number of unbranched alkanes of at least 4 members (excludes halogenated alkanes) is 1. The van der Waals surface area contributed by atoms with E-state index in [-0.39, 0.29) is 36.9 Å². The van der Waals surface area contributed by atoms with E-state index in [0.29, 0.717) is 45.7 Å². The predicted molar refractivity (Wildman–Crippen MR) is 166 cm³/mol. The molecule has 4 amide bonds. The van der Waals surface area contributed by atoms with Gasteiger partial charge in [-0.2, -0.15) is 5.26 Å². The summed E-state index contributed by atoms with van der Waals surface area (Å²) in [5, 5.41) is 27.9. The Morgan fingerprint density at radius 2 is 1.73 bits per heavy atom. The zero-order chi connectivity index (χ0) is 32.6. The summed E-state index contributed by atoms with van der Waals surface area (Å²) in [7, 11) is 1.62. The molecular formula is C32H48N6O6. The number of carbonyl (C=O) groups excluding carboxylic acids is 4. The Bertz CT molecular complexity index is 1170.